The van der Waals surface area contributed by atoms with Crippen molar-refractivity contribution in [3.8, 4) is 11.5 Å². The number of hydrogen-bond donors (Lipinski definition) is 2. The van der Waals surface area contributed by atoms with E-state index < -0.39 is 22.0 Å². The number of aliphatic hydroxyl groups is 2. The molecule has 8 nitrogen and oxygen atoms in total. The molecule has 2 aliphatic heterocycles. The highest BCUT2D eigenvalue weighted by Crippen LogP contribution is 2.33. The van der Waals surface area contributed by atoms with Gasteiger partial charge in [-0.1, -0.05) is 23.2 Å². The monoisotopic (exact) mass is 572 g/mol. The lowest BCUT2D eigenvalue weighted by Gasteiger charge is -2.20. The molecule has 2 N–H and O–H groups in total. The Morgan fingerprint density at radius 2 is 1.11 bits per heavy atom. The molecule has 2 aromatic rings. The molecule has 0 amide bonds. The van der Waals surface area contributed by atoms with E-state index in [1.165, 1.54) is 36.4 Å². The summed E-state index contributed by atoms with van der Waals surface area (Å²) in [6.45, 7) is 5.08. The normalized spacial score (nSPS) is 18.7. The third-order valence-corrected chi connectivity index (χ3v) is 8.96. The van der Waals surface area contributed by atoms with Crippen LogP contribution in [0.25, 0.3) is 0 Å². The summed E-state index contributed by atoms with van der Waals surface area (Å²) in [6, 6.07) is 8.45. The van der Waals surface area contributed by atoms with Gasteiger partial charge in [0.1, 0.15) is 36.9 Å². The lowest BCUT2D eigenvalue weighted by atomic mass is 10.3. The summed E-state index contributed by atoms with van der Waals surface area (Å²) in [5, 5.41) is 20.7. The van der Waals surface area contributed by atoms with Crippen LogP contribution in [0.4, 0.5) is 0 Å². The topological polar surface area (TPSA) is 99.5 Å². The molecule has 204 valence electrons. The second-order valence-corrected chi connectivity index (χ2v) is 12.4. The number of ether oxygens (including phenoxy) is 2. The standard InChI is InChI=1S/C26H34Cl2N2O6S/c27-23-13-21(5-7-25(23)35-17-19(31)15-29-9-1-2-10-29)37(33,34)22-6-8-26(24(28)14-22)36-18-20(32)16-30-11-3-4-12-30/h5-8,13-14,19-20,31-32H,1-4,9-12,15-18H2/t19-,20-/m0/s1. The number of rotatable bonds is 12. The summed E-state index contributed by atoms with van der Waals surface area (Å²) >= 11 is 12.6. The van der Waals surface area contributed by atoms with Crippen LogP contribution in [0.1, 0.15) is 25.7 Å². The van der Waals surface area contributed by atoms with Crippen molar-refractivity contribution >= 4 is 33.0 Å². The van der Waals surface area contributed by atoms with E-state index in [2.05, 4.69) is 9.80 Å². The third kappa shape index (κ3) is 7.72. The van der Waals surface area contributed by atoms with Gasteiger partial charge in [-0.3, -0.25) is 0 Å². The molecule has 0 bridgehead atoms. The average molecular weight is 574 g/mol. The molecule has 0 aromatic heterocycles. The van der Waals surface area contributed by atoms with Crippen LogP contribution in [-0.4, -0.2) is 93.1 Å². The minimum absolute atomic E-state index is 0.00626. The van der Waals surface area contributed by atoms with Crippen molar-refractivity contribution in [1.29, 1.82) is 0 Å². The zero-order valence-electron chi connectivity index (χ0n) is 20.7. The van der Waals surface area contributed by atoms with E-state index in [0.717, 1.165) is 51.9 Å². The van der Waals surface area contributed by atoms with Crippen molar-refractivity contribution in [2.24, 2.45) is 0 Å². The van der Waals surface area contributed by atoms with Gasteiger partial charge in [0.25, 0.3) is 0 Å². The third-order valence-electron chi connectivity index (χ3n) is 6.63. The van der Waals surface area contributed by atoms with Crippen LogP contribution in [0, 0.1) is 0 Å². The van der Waals surface area contributed by atoms with E-state index in [9.17, 15) is 18.6 Å². The molecular formula is C26H34Cl2N2O6S. The number of hydrogen-bond acceptors (Lipinski definition) is 8. The molecule has 0 saturated carbocycles. The first-order valence-electron chi connectivity index (χ1n) is 12.6. The second kappa shape index (κ2) is 13.0. The average Bonchev–Trinajstić information content (AvgIpc) is 3.57. The first-order chi connectivity index (χ1) is 17.7. The number of aliphatic hydroxyl groups excluding tert-OH is 2. The molecule has 2 heterocycles. The van der Waals surface area contributed by atoms with Gasteiger partial charge >= 0.3 is 0 Å². The van der Waals surface area contributed by atoms with Gasteiger partial charge in [0.05, 0.1) is 19.8 Å². The summed E-state index contributed by atoms with van der Waals surface area (Å²) in [7, 11) is -3.90. The first kappa shape index (κ1) is 28.4. The minimum Gasteiger partial charge on any atom is -0.489 e. The summed E-state index contributed by atoms with van der Waals surface area (Å²) < 4.78 is 37.7. The molecule has 37 heavy (non-hydrogen) atoms. The van der Waals surface area contributed by atoms with Crippen molar-refractivity contribution < 1.29 is 28.1 Å². The van der Waals surface area contributed by atoms with E-state index >= 15 is 0 Å². The fraction of sp³-hybridized carbons (Fsp3) is 0.538. The Morgan fingerprint density at radius 1 is 0.730 bits per heavy atom. The van der Waals surface area contributed by atoms with Crippen molar-refractivity contribution in [3.05, 3.63) is 46.4 Å². The van der Waals surface area contributed by atoms with Crippen LogP contribution in [0.15, 0.2) is 46.2 Å². The van der Waals surface area contributed by atoms with Crippen LogP contribution >= 0.6 is 23.2 Å². The predicted octanol–water partition coefficient (Wildman–Crippen LogP) is 3.50. The lowest BCUT2D eigenvalue weighted by Crippen LogP contribution is -2.33. The van der Waals surface area contributed by atoms with E-state index in [0.29, 0.717) is 24.6 Å². The molecule has 0 aliphatic carbocycles. The molecule has 2 fully saturated rings. The largest absolute Gasteiger partial charge is 0.489 e. The van der Waals surface area contributed by atoms with E-state index in [4.69, 9.17) is 32.7 Å². The van der Waals surface area contributed by atoms with Crippen molar-refractivity contribution in [3.63, 3.8) is 0 Å². The number of halogens is 2. The predicted molar refractivity (Wildman–Crippen MR) is 143 cm³/mol. The maximum absolute atomic E-state index is 13.2. The van der Waals surface area contributed by atoms with Crippen LogP contribution in [-0.2, 0) is 9.84 Å². The zero-order chi connectivity index (χ0) is 26.4. The number of sulfone groups is 1. The molecule has 4 rings (SSSR count). The quantitative estimate of drug-likeness (QED) is 0.398. The van der Waals surface area contributed by atoms with E-state index in [1.54, 1.807) is 0 Å². The summed E-state index contributed by atoms with van der Waals surface area (Å²) in [4.78, 5) is 4.36. The highest BCUT2D eigenvalue weighted by atomic mass is 35.5. The van der Waals surface area contributed by atoms with Crippen molar-refractivity contribution in [2.75, 3.05) is 52.5 Å². The molecule has 11 heteroatoms. The van der Waals surface area contributed by atoms with Gasteiger partial charge in [-0.25, -0.2) is 8.42 Å². The van der Waals surface area contributed by atoms with E-state index in [1.807, 2.05) is 0 Å². The van der Waals surface area contributed by atoms with Gasteiger partial charge in [0.15, 0.2) is 0 Å². The fourth-order valence-electron chi connectivity index (χ4n) is 4.67. The Kier molecular flexibility index (Phi) is 9.97. The molecule has 0 unspecified atom stereocenters. The smallest absolute Gasteiger partial charge is 0.206 e. The first-order valence-corrected chi connectivity index (χ1v) is 14.9. The number of β-amino-alcohol motifs (C(OH)–C–C–N with tert-alkyl or cyclic N) is 2. The van der Waals surface area contributed by atoms with Gasteiger partial charge in [-0.05, 0) is 88.3 Å². The Hall–Kier alpha value is -1.59. The second-order valence-electron chi connectivity index (χ2n) is 9.63. The molecule has 2 aliphatic rings. The van der Waals surface area contributed by atoms with Gasteiger partial charge in [-0.15, -0.1) is 0 Å². The van der Waals surface area contributed by atoms with Gasteiger partial charge in [0.2, 0.25) is 9.84 Å². The summed E-state index contributed by atoms with van der Waals surface area (Å²) in [6.07, 6.45) is 3.22. The fourth-order valence-corrected chi connectivity index (χ4v) is 6.58. The molecule has 2 aromatic carbocycles. The summed E-state index contributed by atoms with van der Waals surface area (Å²) in [5.74, 6) is 0.603. The molecule has 0 radical (unpaired) electrons. The SMILES string of the molecule is O=S(=O)(c1ccc(OC[C@@H](O)CN2CCCC2)c(Cl)c1)c1ccc(OC[C@@H](O)CN2CCCC2)c(Cl)c1. The summed E-state index contributed by atoms with van der Waals surface area (Å²) in [5.41, 5.74) is 0. The van der Waals surface area contributed by atoms with Gasteiger partial charge in [0, 0.05) is 13.1 Å². The molecule has 2 saturated heterocycles. The maximum Gasteiger partial charge on any atom is 0.206 e. The maximum atomic E-state index is 13.2. The van der Waals surface area contributed by atoms with Crippen LogP contribution in [0.2, 0.25) is 10.0 Å². The van der Waals surface area contributed by atoms with Crippen molar-refractivity contribution in [1.82, 2.24) is 9.80 Å². The zero-order valence-corrected chi connectivity index (χ0v) is 23.0. The number of benzene rings is 2. The van der Waals surface area contributed by atoms with Gasteiger partial charge in [-0.2, -0.15) is 0 Å². The molecule has 0 spiro atoms. The number of likely N-dealkylation sites (tertiary alicyclic amines) is 2. The Morgan fingerprint density at radius 3 is 1.46 bits per heavy atom. The molecule has 2 atom stereocenters. The Labute approximate surface area is 228 Å². The van der Waals surface area contributed by atoms with Crippen LogP contribution in [0.3, 0.4) is 0 Å². The Balaban J connectivity index is 1.35. The number of nitrogens with zero attached hydrogens (tertiary/aromatic N) is 2. The highest BCUT2D eigenvalue weighted by molar-refractivity contribution is 7.91. The lowest BCUT2D eigenvalue weighted by molar-refractivity contribution is 0.0758. The molecular weight excluding hydrogens is 539 g/mol. The minimum atomic E-state index is -3.90. The van der Waals surface area contributed by atoms with Crippen LogP contribution in [0.5, 0.6) is 11.5 Å². The van der Waals surface area contributed by atoms with Crippen LogP contribution < -0.4 is 9.47 Å². The van der Waals surface area contributed by atoms with Crippen molar-refractivity contribution in [2.45, 2.75) is 47.7 Å². The highest BCUT2D eigenvalue weighted by Gasteiger charge is 2.22. The van der Waals surface area contributed by atoms with E-state index in [-0.39, 0.29) is 33.0 Å². The Bertz CT molecular complexity index is 1070. The van der Waals surface area contributed by atoms with Gasteiger partial charge < -0.3 is 29.5 Å².